The number of carbonyl (C=O) groups is 1. The highest BCUT2D eigenvalue weighted by molar-refractivity contribution is 5.89. The topological polar surface area (TPSA) is 83.0 Å². The number of benzene rings is 3. The number of hydrogen-bond donors (Lipinski definition) is 3. The van der Waals surface area contributed by atoms with Crippen LogP contribution < -0.4 is 15.5 Å². The summed E-state index contributed by atoms with van der Waals surface area (Å²) in [6.45, 7) is 4.08. The van der Waals surface area contributed by atoms with E-state index in [1.165, 1.54) is 12.3 Å². The zero-order valence-corrected chi connectivity index (χ0v) is 15.8. The Hall–Kier alpha value is -3.54. The Labute approximate surface area is 163 Å². The Morgan fingerprint density at radius 3 is 2.68 bits per heavy atom. The van der Waals surface area contributed by atoms with E-state index in [1.54, 1.807) is 19.1 Å². The van der Waals surface area contributed by atoms with E-state index in [1.807, 2.05) is 49.4 Å². The number of nitrogens with zero attached hydrogens (tertiary/aromatic N) is 1. The van der Waals surface area contributed by atoms with Crippen molar-refractivity contribution in [1.29, 1.82) is 0 Å². The van der Waals surface area contributed by atoms with Gasteiger partial charge in [-0.05, 0) is 60.5 Å². The van der Waals surface area contributed by atoms with Gasteiger partial charge in [0, 0.05) is 5.69 Å². The number of amides is 1. The molecule has 0 heterocycles. The Kier molecular flexibility index (Phi) is 6.11. The molecule has 3 N–H and O–H groups in total. The molecule has 1 amide bonds. The fraction of sp³-hybridized carbons (Fsp3) is 0.182. The summed E-state index contributed by atoms with van der Waals surface area (Å²) in [5, 5.41) is 19.3. The number of anilines is 1. The molecule has 6 heteroatoms. The molecule has 1 atom stereocenters. The van der Waals surface area contributed by atoms with Crippen molar-refractivity contribution in [2.75, 3.05) is 11.9 Å². The summed E-state index contributed by atoms with van der Waals surface area (Å²) < 4.78 is 5.28. The van der Waals surface area contributed by atoms with Crippen LogP contribution in [0.4, 0.5) is 5.69 Å². The van der Waals surface area contributed by atoms with Gasteiger partial charge in [-0.25, -0.2) is 5.43 Å². The lowest BCUT2D eigenvalue weighted by atomic mass is 10.1. The van der Waals surface area contributed by atoms with Crippen LogP contribution in [0.5, 0.6) is 11.5 Å². The third-order valence-electron chi connectivity index (χ3n) is 4.20. The van der Waals surface area contributed by atoms with Gasteiger partial charge in [-0.3, -0.25) is 4.79 Å². The summed E-state index contributed by atoms with van der Waals surface area (Å²) in [6.07, 6.45) is 1.47. The molecule has 0 spiro atoms. The highest BCUT2D eigenvalue weighted by Gasteiger charge is 2.12. The Morgan fingerprint density at radius 2 is 1.93 bits per heavy atom. The fourth-order valence-corrected chi connectivity index (χ4v) is 2.75. The van der Waals surface area contributed by atoms with Crippen molar-refractivity contribution in [3.63, 3.8) is 0 Å². The first-order valence-corrected chi connectivity index (χ1v) is 9.11. The second-order valence-electron chi connectivity index (χ2n) is 6.32. The molecular formula is C22H23N3O3. The van der Waals surface area contributed by atoms with Crippen LogP contribution in [0.2, 0.25) is 0 Å². The Bertz CT molecular complexity index is 1000. The number of rotatable bonds is 7. The van der Waals surface area contributed by atoms with Crippen LogP contribution in [0.3, 0.4) is 0 Å². The van der Waals surface area contributed by atoms with Crippen molar-refractivity contribution >= 4 is 28.6 Å². The smallest absolute Gasteiger partial charge is 0.262 e. The van der Waals surface area contributed by atoms with E-state index in [9.17, 15) is 9.90 Å². The van der Waals surface area contributed by atoms with Crippen molar-refractivity contribution < 1.29 is 14.6 Å². The molecule has 0 aliphatic rings. The number of carbonyl (C=O) groups excluding carboxylic acids is 1. The second kappa shape index (κ2) is 8.90. The van der Waals surface area contributed by atoms with Crippen LogP contribution in [0.25, 0.3) is 10.8 Å². The molecule has 144 valence electrons. The van der Waals surface area contributed by atoms with Gasteiger partial charge in [0.2, 0.25) is 0 Å². The molecule has 0 aliphatic carbocycles. The third-order valence-corrected chi connectivity index (χ3v) is 4.20. The van der Waals surface area contributed by atoms with E-state index < -0.39 is 6.04 Å². The maximum absolute atomic E-state index is 12.3. The van der Waals surface area contributed by atoms with Gasteiger partial charge in [0.1, 0.15) is 6.04 Å². The molecule has 28 heavy (non-hydrogen) atoms. The van der Waals surface area contributed by atoms with E-state index in [4.69, 9.17) is 4.74 Å². The van der Waals surface area contributed by atoms with Crippen molar-refractivity contribution in [2.45, 2.75) is 19.9 Å². The van der Waals surface area contributed by atoms with E-state index in [0.717, 1.165) is 16.5 Å². The van der Waals surface area contributed by atoms with Gasteiger partial charge in [-0.15, -0.1) is 0 Å². The normalized spacial score (nSPS) is 12.1. The van der Waals surface area contributed by atoms with Gasteiger partial charge < -0.3 is 15.2 Å². The minimum absolute atomic E-state index is 0.0310. The largest absolute Gasteiger partial charge is 0.504 e. The Morgan fingerprint density at radius 1 is 1.14 bits per heavy atom. The minimum Gasteiger partial charge on any atom is -0.504 e. The van der Waals surface area contributed by atoms with Gasteiger partial charge in [0.15, 0.2) is 11.5 Å². The van der Waals surface area contributed by atoms with Crippen LogP contribution in [-0.4, -0.2) is 29.9 Å². The highest BCUT2D eigenvalue weighted by atomic mass is 16.5. The van der Waals surface area contributed by atoms with Crippen molar-refractivity contribution in [3.8, 4) is 11.5 Å². The molecule has 3 aromatic rings. The van der Waals surface area contributed by atoms with Gasteiger partial charge in [0.05, 0.1) is 12.8 Å². The van der Waals surface area contributed by atoms with E-state index in [2.05, 4.69) is 15.8 Å². The number of phenols is 1. The van der Waals surface area contributed by atoms with Crippen LogP contribution in [0.1, 0.15) is 19.4 Å². The maximum atomic E-state index is 12.3. The number of aromatic hydroxyl groups is 1. The number of phenolic OH excluding ortho intramolecular Hbond substituents is 1. The van der Waals surface area contributed by atoms with Gasteiger partial charge >= 0.3 is 0 Å². The first-order chi connectivity index (χ1) is 13.6. The lowest BCUT2D eigenvalue weighted by molar-refractivity contribution is -0.121. The first-order valence-electron chi connectivity index (χ1n) is 9.11. The predicted octanol–water partition coefficient (Wildman–Crippen LogP) is 3.89. The predicted molar refractivity (Wildman–Crippen MR) is 112 cm³/mol. The molecule has 0 bridgehead atoms. The molecule has 0 saturated carbocycles. The molecule has 3 aromatic carbocycles. The molecule has 3 rings (SSSR count). The Balaban J connectivity index is 1.57. The lowest BCUT2D eigenvalue weighted by Gasteiger charge is -2.14. The lowest BCUT2D eigenvalue weighted by Crippen LogP contribution is -2.34. The third kappa shape index (κ3) is 4.79. The summed E-state index contributed by atoms with van der Waals surface area (Å²) >= 11 is 0. The monoisotopic (exact) mass is 377 g/mol. The zero-order valence-electron chi connectivity index (χ0n) is 15.8. The first kappa shape index (κ1) is 19.2. The molecule has 0 saturated heterocycles. The van der Waals surface area contributed by atoms with Gasteiger partial charge in [-0.1, -0.05) is 30.3 Å². The van der Waals surface area contributed by atoms with Crippen LogP contribution >= 0.6 is 0 Å². The SMILES string of the molecule is CCOc1ccc(/C=N\NC(=O)[C@@H](C)Nc2ccc3ccccc3c2)cc1O. The zero-order chi connectivity index (χ0) is 19.9. The summed E-state index contributed by atoms with van der Waals surface area (Å²) in [5.41, 5.74) is 4.01. The number of fused-ring (bicyclic) bond motifs is 1. The van der Waals surface area contributed by atoms with Crippen molar-refractivity contribution in [1.82, 2.24) is 5.43 Å². The molecule has 6 nitrogen and oxygen atoms in total. The number of hydrazone groups is 1. The van der Waals surface area contributed by atoms with E-state index >= 15 is 0 Å². The summed E-state index contributed by atoms with van der Waals surface area (Å²) in [6, 6.07) is 18.5. The molecule has 0 radical (unpaired) electrons. The molecule has 0 aromatic heterocycles. The van der Waals surface area contributed by atoms with E-state index in [0.29, 0.717) is 17.9 Å². The maximum Gasteiger partial charge on any atom is 0.262 e. The highest BCUT2D eigenvalue weighted by Crippen LogP contribution is 2.26. The van der Waals surface area contributed by atoms with Crippen LogP contribution in [-0.2, 0) is 4.79 Å². The van der Waals surface area contributed by atoms with Crippen LogP contribution in [0.15, 0.2) is 65.8 Å². The molecule has 0 unspecified atom stereocenters. The number of ether oxygens (including phenoxy) is 1. The quantitative estimate of drug-likeness (QED) is 0.431. The fourth-order valence-electron chi connectivity index (χ4n) is 2.75. The summed E-state index contributed by atoms with van der Waals surface area (Å²) in [7, 11) is 0. The summed E-state index contributed by atoms with van der Waals surface area (Å²) in [4.78, 5) is 12.3. The second-order valence-corrected chi connectivity index (χ2v) is 6.32. The van der Waals surface area contributed by atoms with E-state index in [-0.39, 0.29) is 11.7 Å². The standard InChI is InChI=1S/C22H23N3O3/c1-3-28-21-11-8-16(12-20(21)26)14-23-25-22(27)15(2)24-19-10-9-17-6-4-5-7-18(17)13-19/h4-15,24,26H,3H2,1-2H3,(H,25,27)/b23-14-/t15-/m1/s1. The van der Waals surface area contributed by atoms with Gasteiger partial charge in [0.25, 0.3) is 5.91 Å². The van der Waals surface area contributed by atoms with Crippen LogP contribution in [0, 0.1) is 0 Å². The minimum atomic E-state index is -0.466. The average Bonchev–Trinajstić information content (AvgIpc) is 2.70. The van der Waals surface area contributed by atoms with Gasteiger partial charge in [-0.2, -0.15) is 5.10 Å². The van der Waals surface area contributed by atoms with Crippen molar-refractivity contribution in [3.05, 3.63) is 66.2 Å². The molecule has 0 aliphatic heterocycles. The van der Waals surface area contributed by atoms with Crippen molar-refractivity contribution in [2.24, 2.45) is 5.10 Å². The average molecular weight is 377 g/mol. The molecule has 0 fully saturated rings. The number of nitrogens with one attached hydrogen (secondary N) is 2. The summed E-state index contributed by atoms with van der Waals surface area (Å²) in [5.74, 6) is 0.180. The molecular weight excluding hydrogens is 354 g/mol. The number of hydrogen-bond acceptors (Lipinski definition) is 5.